The molecule has 0 saturated carbocycles. The second-order valence-corrected chi connectivity index (χ2v) is 5.62. The number of nitrogens with zero attached hydrogens (tertiary/aromatic N) is 1. The minimum absolute atomic E-state index is 0.758. The average molecular weight is 356 g/mol. The Morgan fingerprint density at radius 3 is 2.76 bits per heavy atom. The van der Waals surface area contributed by atoms with E-state index in [0.29, 0.717) is 0 Å². The van der Waals surface area contributed by atoms with Crippen LogP contribution in [0, 0.1) is 6.92 Å². The molecule has 0 aliphatic heterocycles. The SMILES string of the molecule is Cc1ccc(Br)c(NCc2cncc(Br)c2)c1. The topological polar surface area (TPSA) is 24.9 Å². The monoisotopic (exact) mass is 354 g/mol. The zero-order valence-corrected chi connectivity index (χ0v) is 12.5. The lowest BCUT2D eigenvalue weighted by Crippen LogP contribution is -2.00. The zero-order chi connectivity index (χ0) is 12.3. The predicted octanol–water partition coefficient (Wildman–Crippen LogP) is 4.53. The molecule has 0 unspecified atom stereocenters. The molecule has 0 spiro atoms. The molecule has 1 heterocycles. The Morgan fingerprint density at radius 2 is 2.00 bits per heavy atom. The number of halogens is 2. The van der Waals surface area contributed by atoms with E-state index in [1.807, 2.05) is 6.20 Å². The molecule has 0 aliphatic rings. The van der Waals surface area contributed by atoms with Crippen molar-refractivity contribution in [1.29, 1.82) is 0 Å². The minimum atomic E-state index is 0.758. The summed E-state index contributed by atoms with van der Waals surface area (Å²) in [6, 6.07) is 8.31. The Labute approximate surface area is 118 Å². The fourth-order valence-electron chi connectivity index (χ4n) is 1.52. The van der Waals surface area contributed by atoms with Crippen LogP contribution in [0.25, 0.3) is 0 Å². The van der Waals surface area contributed by atoms with Crippen LogP contribution in [0.1, 0.15) is 11.1 Å². The first-order valence-corrected chi connectivity index (χ1v) is 6.83. The van der Waals surface area contributed by atoms with E-state index in [-0.39, 0.29) is 0 Å². The summed E-state index contributed by atoms with van der Waals surface area (Å²) >= 11 is 6.95. The fourth-order valence-corrected chi connectivity index (χ4v) is 2.32. The Bertz CT molecular complexity index is 527. The van der Waals surface area contributed by atoms with Crippen molar-refractivity contribution in [3.63, 3.8) is 0 Å². The summed E-state index contributed by atoms with van der Waals surface area (Å²) in [5.74, 6) is 0. The van der Waals surface area contributed by atoms with Gasteiger partial charge in [0.2, 0.25) is 0 Å². The van der Waals surface area contributed by atoms with Crippen molar-refractivity contribution in [2.45, 2.75) is 13.5 Å². The van der Waals surface area contributed by atoms with Crippen molar-refractivity contribution in [3.05, 3.63) is 56.7 Å². The van der Waals surface area contributed by atoms with E-state index < -0.39 is 0 Å². The summed E-state index contributed by atoms with van der Waals surface area (Å²) in [5.41, 5.74) is 3.49. The van der Waals surface area contributed by atoms with Gasteiger partial charge in [-0.2, -0.15) is 0 Å². The molecule has 0 fully saturated rings. The van der Waals surface area contributed by atoms with E-state index >= 15 is 0 Å². The number of hydrogen-bond acceptors (Lipinski definition) is 2. The number of benzene rings is 1. The van der Waals surface area contributed by atoms with Crippen molar-refractivity contribution in [3.8, 4) is 0 Å². The number of anilines is 1. The van der Waals surface area contributed by atoms with Crippen LogP contribution in [-0.4, -0.2) is 4.98 Å². The molecule has 0 amide bonds. The highest BCUT2D eigenvalue weighted by atomic mass is 79.9. The molecule has 0 aliphatic carbocycles. The van der Waals surface area contributed by atoms with E-state index in [1.54, 1.807) is 6.20 Å². The van der Waals surface area contributed by atoms with Crippen LogP contribution in [0.2, 0.25) is 0 Å². The van der Waals surface area contributed by atoms with Gasteiger partial charge in [0.1, 0.15) is 0 Å². The number of hydrogen-bond donors (Lipinski definition) is 1. The molecule has 1 aromatic carbocycles. The van der Waals surface area contributed by atoms with Crippen molar-refractivity contribution in [2.24, 2.45) is 0 Å². The van der Waals surface area contributed by atoms with Gasteiger partial charge in [-0.25, -0.2) is 0 Å². The van der Waals surface area contributed by atoms with Gasteiger partial charge in [-0.1, -0.05) is 6.07 Å². The van der Waals surface area contributed by atoms with E-state index in [4.69, 9.17) is 0 Å². The average Bonchev–Trinajstić information content (AvgIpc) is 2.30. The molecule has 0 atom stereocenters. The lowest BCUT2D eigenvalue weighted by Gasteiger charge is -2.09. The smallest absolute Gasteiger partial charge is 0.0489 e. The van der Waals surface area contributed by atoms with Gasteiger partial charge in [0, 0.05) is 33.6 Å². The first-order valence-electron chi connectivity index (χ1n) is 5.24. The largest absolute Gasteiger partial charge is 0.380 e. The first-order chi connectivity index (χ1) is 8.15. The van der Waals surface area contributed by atoms with Gasteiger partial charge in [0.05, 0.1) is 0 Å². The third-order valence-corrected chi connectivity index (χ3v) is 3.49. The summed E-state index contributed by atoms with van der Waals surface area (Å²) in [5, 5.41) is 3.39. The molecule has 0 radical (unpaired) electrons. The fraction of sp³-hybridized carbons (Fsp3) is 0.154. The maximum atomic E-state index is 4.14. The van der Waals surface area contributed by atoms with Gasteiger partial charge in [0.25, 0.3) is 0 Å². The molecule has 4 heteroatoms. The van der Waals surface area contributed by atoms with Gasteiger partial charge in [0.15, 0.2) is 0 Å². The Morgan fingerprint density at radius 1 is 1.18 bits per heavy atom. The van der Waals surface area contributed by atoms with E-state index in [2.05, 4.69) is 73.3 Å². The maximum absolute atomic E-state index is 4.14. The molecule has 2 rings (SSSR count). The highest BCUT2D eigenvalue weighted by Gasteiger charge is 2.00. The molecule has 2 nitrogen and oxygen atoms in total. The second kappa shape index (κ2) is 5.65. The maximum Gasteiger partial charge on any atom is 0.0489 e. The summed E-state index contributed by atoms with van der Waals surface area (Å²) < 4.78 is 2.08. The molecule has 1 N–H and O–H groups in total. The highest BCUT2D eigenvalue weighted by molar-refractivity contribution is 9.10. The van der Waals surface area contributed by atoms with Gasteiger partial charge in [-0.15, -0.1) is 0 Å². The molecule has 0 saturated heterocycles. The highest BCUT2D eigenvalue weighted by Crippen LogP contribution is 2.24. The predicted molar refractivity (Wildman–Crippen MR) is 78.1 cm³/mol. The first kappa shape index (κ1) is 12.6. The van der Waals surface area contributed by atoms with Crippen LogP contribution < -0.4 is 5.32 Å². The molecule has 2 aromatic rings. The molecule has 17 heavy (non-hydrogen) atoms. The number of nitrogens with one attached hydrogen (secondary N) is 1. The summed E-state index contributed by atoms with van der Waals surface area (Å²) in [4.78, 5) is 4.14. The number of rotatable bonds is 3. The van der Waals surface area contributed by atoms with Crippen molar-refractivity contribution in [2.75, 3.05) is 5.32 Å². The summed E-state index contributed by atoms with van der Waals surface area (Å²) in [7, 11) is 0. The van der Waals surface area contributed by atoms with Crippen molar-refractivity contribution < 1.29 is 0 Å². The van der Waals surface area contributed by atoms with Crippen LogP contribution in [0.15, 0.2) is 45.6 Å². The number of aryl methyl sites for hydroxylation is 1. The molecule has 1 aromatic heterocycles. The lowest BCUT2D eigenvalue weighted by molar-refractivity contribution is 1.10. The van der Waals surface area contributed by atoms with Gasteiger partial charge < -0.3 is 5.32 Å². The molecule has 88 valence electrons. The van der Waals surface area contributed by atoms with Crippen molar-refractivity contribution >= 4 is 37.5 Å². The summed E-state index contributed by atoms with van der Waals surface area (Å²) in [6.07, 6.45) is 3.65. The third-order valence-electron chi connectivity index (χ3n) is 2.37. The quantitative estimate of drug-likeness (QED) is 0.875. The molecule has 0 bridgehead atoms. The van der Waals surface area contributed by atoms with Crippen LogP contribution in [0.4, 0.5) is 5.69 Å². The standard InChI is InChI=1S/C13H12Br2N2/c1-9-2-3-12(15)13(4-9)17-7-10-5-11(14)8-16-6-10/h2-6,8,17H,7H2,1H3. The lowest BCUT2D eigenvalue weighted by atomic mass is 10.2. The van der Waals surface area contributed by atoms with E-state index in [9.17, 15) is 0 Å². The Balaban J connectivity index is 2.09. The van der Waals surface area contributed by atoms with E-state index in [0.717, 1.165) is 26.7 Å². The van der Waals surface area contributed by atoms with Crippen LogP contribution in [-0.2, 0) is 6.54 Å². The zero-order valence-electron chi connectivity index (χ0n) is 9.37. The second-order valence-electron chi connectivity index (χ2n) is 3.85. The van der Waals surface area contributed by atoms with E-state index in [1.165, 1.54) is 5.56 Å². The Kier molecular flexibility index (Phi) is 4.18. The molecular weight excluding hydrogens is 344 g/mol. The normalized spacial score (nSPS) is 10.3. The van der Waals surface area contributed by atoms with Crippen LogP contribution >= 0.6 is 31.9 Å². The Hall–Kier alpha value is -0.870. The van der Waals surface area contributed by atoms with Gasteiger partial charge >= 0.3 is 0 Å². The minimum Gasteiger partial charge on any atom is -0.380 e. The molecular formula is C13H12Br2N2. The van der Waals surface area contributed by atoms with Gasteiger partial charge in [-0.3, -0.25) is 4.98 Å². The van der Waals surface area contributed by atoms with Crippen LogP contribution in [0.5, 0.6) is 0 Å². The number of aromatic nitrogens is 1. The van der Waals surface area contributed by atoms with Crippen molar-refractivity contribution in [1.82, 2.24) is 4.98 Å². The van der Waals surface area contributed by atoms with Crippen LogP contribution in [0.3, 0.4) is 0 Å². The van der Waals surface area contributed by atoms with Gasteiger partial charge in [-0.05, 0) is 68.1 Å². The number of pyridine rings is 1. The summed E-state index contributed by atoms with van der Waals surface area (Å²) in [6.45, 7) is 2.84. The third kappa shape index (κ3) is 3.54.